The number of imide groups is 1. The SMILES string of the molecule is CCCCCCCC(=O)N1C(=O)c2ccccc2S1(=O)=O. The molecule has 0 radical (unpaired) electrons. The Morgan fingerprint density at radius 3 is 2.43 bits per heavy atom. The van der Waals surface area contributed by atoms with E-state index in [1.165, 1.54) is 12.1 Å². The van der Waals surface area contributed by atoms with Crippen molar-refractivity contribution >= 4 is 21.8 Å². The molecule has 1 aromatic rings. The van der Waals surface area contributed by atoms with E-state index in [2.05, 4.69) is 6.92 Å². The Morgan fingerprint density at radius 1 is 1.10 bits per heavy atom. The number of hydrogen-bond donors (Lipinski definition) is 0. The molecule has 1 aliphatic heterocycles. The van der Waals surface area contributed by atoms with Gasteiger partial charge in [-0.3, -0.25) is 9.59 Å². The lowest BCUT2D eigenvalue weighted by molar-refractivity contribution is -0.124. The van der Waals surface area contributed by atoms with Crippen molar-refractivity contribution in [1.29, 1.82) is 0 Å². The first-order chi connectivity index (χ1) is 10.00. The second-order valence-electron chi connectivity index (χ2n) is 5.13. The average molecular weight is 309 g/mol. The highest BCUT2D eigenvalue weighted by atomic mass is 32.2. The fraction of sp³-hybridized carbons (Fsp3) is 0.467. The number of fused-ring (bicyclic) bond motifs is 1. The van der Waals surface area contributed by atoms with Gasteiger partial charge in [0.1, 0.15) is 4.90 Å². The maximum atomic E-state index is 12.3. The molecule has 2 rings (SSSR count). The largest absolute Gasteiger partial charge is 0.276 e. The van der Waals surface area contributed by atoms with Crippen molar-refractivity contribution in [2.45, 2.75) is 50.3 Å². The van der Waals surface area contributed by atoms with E-state index in [-0.39, 0.29) is 16.9 Å². The van der Waals surface area contributed by atoms with E-state index in [0.29, 0.717) is 10.7 Å². The van der Waals surface area contributed by atoms with Gasteiger partial charge in [0.05, 0.1) is 5.56 Å². The van der Waals surface area contributed by atoms with E-state index < -0.39 is 21.8 Å². The molecule has 21 heavy (non-hydrogen) atoms. The number of amides is 2. The predicted molar refractivity (Wildman–Crippen MR) is 78.2 cm³/mol. The molecule has 0 unspecified atom stereocenters. The smallest absolute Gasteiger partial charge is 0.273 e. The van der Waals surface area contributed by atoms with Crippen LogP contribution in [0, 0.1) is 0 Å². The molecule has 0 fully saturated rings. The zero-order valence-electron chi connectivity index (χ0n) is 12.0. The summed E-state index contributed by atoms with van der Waals surface area (Å²) in [6.45, 7) is 2.10. The summed E-state index contributed by atoms with van der Waals surface area (Å²) >= 11 is 0. The van der Waals surface area contributed by atoms with Crippen molar-refractivity contribution in [2.24, 2.45) is 0 Å². The Balaban J connectivity index is 2.08. The van der Waals surface area contributed by atoms with Gasteiger partial charge in [0.25, 0.3) is 15.9 Å². The minimum atomic E-state index is -4.01. The second-order valence-corrected chi connectivity index (χ2v) is 6.88. The van der Waals surface area contributed by atoms with Crippen LogP contribution in [0.2, 0.25) is 0 Å². The molecule has 0 saturated heterocycles. The van der Waals surface area contributed by atoms with E-state index >= 15 is 0 Å². The summed E-state index contributed by atoms with van der Waals surface area (Å²) in [6, 6.07) is 5.92. The number of benzene rings is 1. The lowest BCUT2D eigenvalue weighted by atomic mass is 10.1. The Morgan fingerprint density at radius 2 is 1.76 bits per heavy atom. The van der Waals surface area contributed by atoms with E-state index in [9.17, 15) is 18.0 Å². The van der Waals surface area contributed by atoms with Crippen LogP contribution in [0.4, 0.5) is 0 Å². The fourth-order valence-electron chi connectivity index (χ4n) is 2.41. The standard InChI is InChI=1S/C15H19NO4S/c1-2-3-4-5-6-11-14(17)16-15(18)12-9-7-8-10-13(12)21(16,19)20/h7-10H,2-6,11H2,1H3. The van der Waals surface area contributed by atoms with Crippen LogP contribution in [0.5, 0.6) is 0 Å². The van der Waals surface area contributed by atoms with E-state index in [1.807, 2.05) is 0 Å². The zero-order chi connectivity index (χ0) is 15.5. The number of unbranched alkanes of at least 4 members (excludes halogenated alkanes) is 4. The number of sulfonamides is 1. The molecule has 2 amide bonds. The van der Waals surface area contributed by atoms with Crippen molar-refractivity contribution in [3.63, 3.8) is 0 Å². The Bertz CT molecular complexity index is 651. The first kappa shape index (κ1) is 15.7. The topological polar surface area (TPSA) is 71.5 Å². The maximum absolute atomic E-state index is 12.3. The van der Waals surface area contributed by atoms with Gasteiger partial charge in [0.2, 0.25) is 5.91 Å². The van der Waals surface area contributed by atoms with Crippen LogP contribution >= 0.6 is 0 Å². The van der Waals surface area contributed by atoms with E-state index in [1.54, 1.807) is 12.1 Å². The summed E-state index contributed by atoms with van der Waals surface area (Å²) in [7, 11) is -4.01. The third-order valence-corrected chi connectivity index (χ3v) is 5.30. The molecular formula is C15H19NO4S. The van der Waals surface area contributed by atoms with Crippen molar-refractivity contribution in [3.8, 4) is 0 Å². The first-order valence-electron chi connectivity index (χ1n) is 7.21. The first-order valence-corrected chi connectivity index (χ1v) is 8.65. The minimum absolute atomic E-state index is 0.0747. The van der Waals surface area contributed by atoms with Gasteiger partial charge < -0.3 is 0 Å². The van der Waals surface area contributed by atoms with Crippen LogP contribution in [-0.4, -0.2) is 24.5 Å². The molecule has 0 aliphatic carbocycles. The zero-order valence-corrected chi connectivity index (χ0v) is 12.9. The van der Waals surface area contributed by atoms with E-state index in [4.69, 9.17) is 0 Å². The third kappa shape index (κ3) is 3.00. The number of rotatable bonds is 6. The predicted octanol–water partition coefficient (Wildman–Crippen LogP) is 2.72. The van der Waals surface area contributed by atoms with Gasteiger partial charge in [-0.15, -0.1) is 0 Å². The second kappa shape index (κ2) is 6.39. The highest BCUT2D eigenvalue weighted by Gasteiger charge is 2.44. The lowest BCUT2D eigenvalue weighted by Gasteiger charge is -2.12. The van der Waals surface area contributed by atoms with Crippen molar-refractivity contribution in [3.05, 3.63) is 29.8 Å². The summed E-state index contributed by atoms with van der Waals surface area (Å²) in [6.07, 6.45) is 4.78. The van der Waals surface area contributed by atoms with Crippen LogP contribution in [0.1, 0.15) is 55.8 Å². The summed E-state index contributed by atoms with van der Waals surface area (Å²) in [5.41, 5.74) is 0.0804. The number of nitrogens with zero attached hydrogens (tertiary/aromatic N) is 1. The van der Waals surface area contributed by atoms with Crippen molar-refractivity contribution < 1.29 is 18.0 Å². The van der Waals surface area contributed by atoms with Gasteiger partial charge in [-0.1, -0.05) is 44.7 Å². The Kier molecular flexibility index (Phi) is 4.77. The molecule has 1 aliphatic rings. The Labute approximate surface area is 125 Å². The van der Waals surface area contributed by atoms with Gasteiger partial charge in [0.15, 0.2) is 0 Å². The van der Waals surface area contributed by atoms with Gasteiger partial charge >= 0.3 is 0 Å². The molecule has 5 nitrogen and oxygen atoms in total. The molecule has 0 saturated carbocycles. The summed E-state index contributed by atoms with van der Waals surface area (Å²) in [4.78, 5) is 24.1. The molecule has 1 aromatic carbocycles. The third-order valence-electron chi connectivity index (χ3n) is 3.54. The molecule has 0 N–H and O–H groups in total. The number of carbonyl (C=O) groups excluding carboxylic acids is 2. The van der Waals surface area contributed by atoms with Crippen LogP contribution in [0.3, 0.4) is 0 Å². The van der Waals surface area contributed by atoms with Crippen molar-refractivity contribution in [1.82, 2.24) is 4.31 Å². The number of carbonyl (C=O) groups is 2. The molecule has 6 heteroatoms. The highest BCUT2D eigenvalue weighted by Crippen LogP contribution is 2.30. The summed E-state index contributed by atoms with van der Waals surface area (Å²) in [5, 5.41) is 0. The molecule has 0 aromatic heterocycles. The maximum Gasteiger partial charge on any atom is 0.276 e. The molecule has 0 atom stereocenters. The van der Waals surface area contributed by atoms with Gasteiger partial charge in [-0.05, 0) is 18.6 Å². The molecule has 114 valence electrons. The van der Waals surface area contributed by atoms with Crippen LogP contribution in [-0.2, 0) is 14.8 Å². The lowest BCUT2D eigenvalue weighted by Crippen LogP contribution is -2.36. The summed E-state index contributed by atoms with van der Waals surface area (Å²) in [5.74, 6) is -1.36. The van der Waals surface area contributed by atoms with Crippen molar-refractivity contribution in [2.75, 3.05) is 0 Å². The van der Waals surface area contributed by atoms with Crippen LogP contribution in [0.25, 0.3) is 0 Å². The molecular weight excluding hydrogens is 290 g/mol. The highest BCUT2D eigenvalue weighted by molar-refractivity contribution is 7.90. The normalized spacial score (nSPS) is 16.0. The van der Waals surface area contributed by atoms with Gasteiger partial charge in [-0.2, -0.15) is 4.31 Å². The quantitative estimate of drug-likeness (QED) is 0.757. The number of hydrogen-bond acceptors (Lipinski definition) is 4. The van der Waals surface area contributed by atoms with E-state index in [0.717, 1.165) is 25.7 Å². The van der Waals surface area contributed by atoms with Crippen LogP contribution in [0.15, 0.2) is 29.2 Å². The van der Waals surface area contributed by atoms with Gasteiger partial charge in [-0.25, -0.2) is 8.42 Å². The fourth-order valence-corrected chi connectivity index (χ4v) is 3.97. The molecule has 1 heterocycles. The average Bonchev–Trinajstić information content (AvgIpc) is 2.66. The molecule has 0 bridgehead atoms. The monoisotopic (exact) mass is 309 g/mol. The van der Waals surface area contributed by atoms with Gasteiger partial charge in [0, 0.05) is 6.42 Å². The Hall–Kier alpha value is -1.69. The minimum Gasteiger partial charge on any atom is -0.273 e. The summed E-state index contributed by atoms with van der Waals surface area (Å²) < 4.78 is 24.9. The molecule has 0 spiro atoms. The van der Waals surface area contributed by atoms with Crippen LogP contribution < -0.4 is 0 Å².